The molecule has 1 aromatic rings. The van der Waals surface area contributed by atoms with Crippen LogP contribution in [0, 0.1) is 46.6 Å². The van der Waals surface area contributed by atoms with Crippen LogP contribution >= 0.6 is 0 Å². The van der Waals surface area contributed by atoms with E-state index in [0.717, 1.165) is 24.2 Å². The summed E-state index contributed by atoms with van der Waals surface area (Å²) in [5, 5.41) is 8.76. The molecule has 2 saturated carbocycles. The first-order chi connectivity index (χ1) is 13.6. The maximum Gasteiger partial charge on any atom is 0.144 e. The highest BCUT2D eigenvalue weighted by molar-refractivity contribution is 5.35. The topological polar surface area (TPSA) is 23.8 Å². The second-order valence-electron chi connectivity index (χ2n) is 9.07. The Labute approximate surface area is 168 Å². The Morgan fingerprint density at radius 2 is 1.32 bits per heavy atom. The lowest BCUT2D eigenvalue weighted by Gasteiger charge is -2.31. The van der Waals surface area contributed by atoms with E-state index in [1.807, 2.05) is 0 Å². The summed E-state index contributed by atoms with van der Waals surface area (Å²) in [6.45, 7) is 3.94. The summed E-state index contributed by atoms with van der Waals surface area (Å²) in [6.07, 6.45) is 17.1. The summed E-state index contributed by atoms with van der Waals surface area (Å²) in [5.74, 6) is 1.76. The van der Waals surface area contributed by atoms with Gasteiger partial charge in [0, 0.05) is 0 Å². The van der Waals surface area contributed by atoms with Gasteiger partial charge in [-0.05, 0) is 79.9 Å². The minimum Gasteiger partial charge on any atom is -0.205 e. The Balaban J connectivity index is 1.36. The molecule has 0 unspecified atom stereocenters. The van der Waals surface area contributed by atoms with E-state index in [4.69, 9.17) is 5.26 Å². The Bertz CT molecular complexity index is 666. The first-order valence-corrected chi connectivity index (χ1v) is 11.1. The van der Waals surface area contributed by atoms with Crippen molar-refractivity contribution in [2.24, 2.45) is 23.7 Å². The molecular formula is C25H33F2N. The van der Waals surface area contributed by atoms with Crippen molar-refractivity contribution in [2.45, 2.75) is 77.0 Å². The van der Waals surface area contributed by atoms with E-state index in [1.165, 1.54) is 76.3 Å². The number of allylic oxidation sites excluding steroid dienone is 1. The zero-order valence-corrected chi connectivity index (χ0v) is 16.9. The van der Waals surface area contributed by atoms with Crippen LogP contribution in [0.5, 0.6) is 0 Å². The van der Waals surface area contributed by atoms with E-state index in [1.54, 1.807) is 6.07 Å². The van der Waals surface area contributed by atoms with E-state index in [2.05, 4.69) is 12.7 Å². The molecule has 3 rings (SSSR count). The van der Waals surface area contributed by atoms with E-state index < -0.39 is 17.2 Å². The molecule has 1 aromatic carbocycles. The van der Waals surface area contributed by atoms with E-state index >= 15 is 0 Å². The molecule has 3 heteroatoms. The van der Waals surface area contributed by atoms with Gasteiger partial charge in [0.15, 0.2) is 0 Å². The van der Waals surface area contributed by atoms with Crippen LogP contribution in [0.2, 0.25) is 0 Å². The first kappa shape index (κ1) is 21.0. The summed E-state index contributed by atoms with van der Waals surface area (Å²) >= 11 is 0. The normalized spacial score (nSPS) is 27.9. The molecule has 2 aliphatic rings. The first-order valence-electron chi connectivity index (χ1n) is 11.1. The molecule has 2 aliphatic carbocycles. The lowest BCUT2D eigenvalue weighted by atomic mass is 9.75. The molecular weight excluding hydrogens is 352 g/mol. The molecule has 28 heavy (non-hydrogen) atoms. The van der Waals surface area contributed by atoms with Crippen molar-refractivity contribution in [2.75, 3.05) is 0 Å². The molecule has 0 aliphatic heterocycles. The van der Waals surface area contributed by atoms with Gasteiger partial charge in [0.2, 0.25) is 0 Å². The summed E-state index contributed by atoms with van der Waals surface area (Å²) in [6, 6.07) is 4.24. The van der Waals surface area contributed by atoms with Gasteiger partial charge in [-0.3, -0.25) is 0 Å². The van der Waals surface area contributed by atoms with Crippen LogP contribution in [0.1, 0.15) is 81.8 Å². The van der Waals surface area contributed by atoms with Crippen LogP contribution in [0.4, 0.5) is 8.78 Å². The van der Waals surface area contributed by atoms with Gasteiger partial charge in [-0.1, -0.05) is 44.6 Å². The van der Waals surface area contributed by atoms with Gasteiger partial charge in [0.05, 0.1) is 0 Å². The fourth-order valence-electron chi connectivity index (χ4n) is 5.24. The van der Waals surface area contributed by atoms with Crippen LogP contribution in [0.3, 0.4) is 0 Å². The highest BCUT2D eigenvalue weighted by atomic mass is 19.1. The van der Waals surface area contributed by atoms with Gasteiger partial charge in [-0.2, -0.15) is 5.26 Å². The number of aryl methyl sites for hydroxylation is 1. The van der Waals surface area contributed by atoms with Crippen LogP contribution in [0.25, 0.3) is 0 Å². The molecule has 2 fully saturated rings. The number of rotatable bonds is 7. The molecule has 152 valence electrons. The van der Waals surface area contributed by atoms with Gasteiger partial charge in [-0.15, -0.1) is 6.58 Å². The van der Waals surface area contributed by atoms with Gasteiger partial charge in [-0.25, -0.2) is 8.78 Å². The third kappa shape index (κ3) is 5.66. The molecule has 0 radical (unpaired) electrons. The predicted octanol–water partition coefficient (Wildman–Crippen LogP) is 7.35. The van der Waals surface area contributed by atoms with Gasteiger partial charge in [0.1, 0.15) is 23.3 Å². The van der Waals surface area contributed by atoms with Gasteiger partial charge < -0.3 is 0 Å². The molecule has 1 nitrogen and oxygen atoms in total. The maximum absolute atomic E-state index is 13.7. The minimum atomic E-state index is -0.733. The second-order valence-corrected chi connectivity index (χ2v) is 9.07. The fraction of sp³-hybridized carbons (Fsp3) is 0.640. The van der Waals surface area contributed by atoms with Crippen molar-refractivity contribution >= 4 is 0 Å². The monoisotopic (exact) mass is 385 g/mol. The van der Waals surface area contributed by atoms with E-state index in [0.29, 0.717) is 17.9 Å². The maximum atomic E-state index is 13.7. The molecule has 0 heterocycles. The summed E-state index contributed by atoms with van der Waals surface area (Å²) < 4.78 is 27.5. The Hall–Kier alpha value is -1.69. The minimum absolute atomic E-state index is 0.470. The van der Waals surface area contributed by atoms with Crippen molar-refractivity contribution in [1.82, 2.24) is 0 Å². The average molecular weight is 386 g/mol. The number of hydrogen-bond donors (Lipinski definition) is 0. The Morgan fingerprint density at radius 1 is 0.857 bits per heavy atom. The van der Waals surface area contributed by atoms with Crippen LogP contribution < -0.4 is 0 Å². The second kappa shape index (κ2) is 10.2. The average Bonchev–Trinajstić information content (AvgIpc) is 2.71. The van der Waals surface area contributed by atoms with Crippen molar-refractivity contribution in [3.8, 4) is 6.07 Å². The van der Waals surface area contributed by atoms with Crippen molar-refractivity contribution in [3.63, 3.8) is 0 Å². The van der Waals surface area contributed by atoms with E-state index in [-0.39, 0.29) is 0 Å². The SMILES string of the molecule is C=CC1CCC(CCC2CCC(CCc3cc(F)c(C#N)c(F)c3)CC2)CC1. The highest BCUT2D eigenvalue weighted by Gasteiger charge is 2.24. The number of hydrogen-bond acceptors (Lipinski definition) is 1. The van der Waals surface area contributed by atoms with Crippen molar-refractivity contribution in [3.05, 3.63) is 47.5 Å². The molecule has 0 spiro atoms. The number of benzene rings is 1. The summed E-state index contributed by atoms with van der Waals surface area (Å²) in [4.78, 5) is 0. The Kier molecular flexibility index (Phi) is 7.65. The molecule has 0 N–H and O–H groups in total. The predicted molar refractivity (Wildman–Crippen MR) is 110 cm³/mol. The van der Waals surface area contributed by atoms with E-state index in [9.17, 15) is 8.78 Å². The Morgan fingerprint density at radius 3 is 1.79 bits per heavy atom. The largest absolute Gasteiger partial charge is 0.205 e. The van der Waals surface area contributed by atoms with Crippen LogP contribution in [-0.2, 0) is 6.42 Å². The number of nitriles is 1. The molecule has 0 amide bonds. The lowest BCUT2D eigenvalue weighted by molar-refractivity contribution is 0.222. The van der Waals surface area contributed by atoms with Crippen LogP contribution in [-0.4, -0.2) is 0 Å². The molecule has 0 aromatic heterocycles. The fourth-order valence-corrected chi connectivity index (χ4v) is 5.24. The van der Waals surface area contributed by atoms with Gasteiger partial charge >= 0.3 is 0 Å². The summed E-state index contributed by atoms with van der Waals surface area (Å²) in [7, 11) is 0. The zero-order chi connectivity index (χ0) is 19.9. The number of halogens is 2. The quantitative estimate of drug-likeness (QED) is 0.450. The zero-order valence-electron chi connectivity index (χ0n) is 16.9. The summed E-state index contributed by atoms with van der Waals surface area (Å²) in [5.41, 5.74) is 0.202. The highest BCUT2D eigenvalue weighted by Crippen LogP contribution is 2.37. The molecule has 0 atom stereocenters. The van der Waals surface area contributed by atoms with Gasteiger partial charge in [0.25, 0.3) is 0 Å². The van der Waals surface area contributed by atoms with Crippen LogP contribution in [0.15, 0.2) is 24.8 Å². The lowest BCUT2D eigenvalue weighted by Crippen LogP contribution is -2.18. The smallest absolute Gasteiger partial charge is 0.144 e. The van der Waals surface area contributed by atoms with Crippen molar-refractivity contribution in [1.29, 1.82) is 5.26 Å². The van der Waals surface area contributed by atoms with Crippen molar-refractivity contribution < 1.29 is 8.78 Å². The standard InChI is InChI=1S/C25H33F2N/c1-2-18-3-5-19(6-4-18)7-8-20-9-11-21(12-10-20)13-14-22-15-24(26)23(17-28)25(27)16-22/h2,15-16,18-21H,1,3-14H2. The number of nitrogens with zero attached hydrogens (tertiary/aromatic N) is 1. The molecule has 0 saturated heterocycles. The third-order valence-corrected chi connectivity index (χ3v) is 7.23. The molecule has 0 bridgehead atoms. The third-order valence-electron chi connectivity index (χ3n) is 7.23.